The molecule has 29 heavy (non-hydrogen) atoms. The molecule has 8 nitrogen and oxygen atoms in total. The maximum absolute atomic E-state index is 11.9. The summed E-state index contributed by atoms with van der Waals surface area (Å²) in [5, 5.41) is 2.14. The van der Waals surface area contributed by atoms with Crippen LogP contribution in [0.4, 0.5) is 0 Å². The van der Waals surface area contributed by atoms with Gasteiger partial charge in [-0.05, 0) is 35.9 Å². The Labute approximate surface area is 168 Å². The van der Waals surface area contributed by atoms with Crippen LogP contribution in [0.2, 0.25) is 0 Å². The normalized spacial score (nSPS) is 10.3. The Morgan fingerprint density at radius 3 is 2.10 bits per heavy atom. The van der Waals surface area contributed by atoms with E-state index in [0.717, 1.165) is 6.08 Å². The molecule has 0 saturated carbocycles. The molecule has 2 aromatic carbocycles. The van der Waals surface area contributed by atoms with Crippen molar-refractivity contribution in [3.63, 3.8) is 0 Å². The molecule has 0 heterocycles. The van der Waals surface area contributed by atoms with Gasteiger partial charge in [0, 0.05) is 11.6 Å². The van der Waals surface area contributed by atoms with Crippen molar-refractivity contribution in [2.24, 2.45) is 0 Å². The van der Waals surface area contributed by atoms with Crippen LogP contribution in [0.1, 0.15) is 15.9 Å². The second-order valence-corrected chi connectivity index (χ2v) is 5.64. The number of amides is 2. The molecule has 0 aliphatic rings. The lowest BCUT2D eigenvalue weighted by Gasteiger charge is -2.12. The molecule has 2 amide bonds. The highest BCUT2D eigenvalue weighted by molar-refractivity contribution is 6.05. The smallest absolute Gasteiger partial charge is 0.331 e. The zero-order valence-electron chi connectivity index (χ0n) is 16.3. The molecule has 0 fully saturated rings. The summed E-state index contributed by atoms with van der Waals surface area (Å²) in [6, 6.07) is 11.5. The van der Waals surface area contributed by atoms with Gasteiger partial charge < -0.3 is 18.9 Å². The van der Waals surface area contributed by atoms with Gasteiger partial charge in [-0.15, -0.1) is 0 Å². The van der Waals surface area contributed by atoms with Crippen molar-refractivity contribution in [2.75, 3.05) is 27.9 Å². The third-order valence-corrected chi connectivity index (χ3v) is 3.73. The van der Waals surface area contributed by atoms with Crippen molar-refractivity contribution in [3.05, 3.63) is 59.7 Å². The van der Waals surface area contributed by atoms with E-state index in [9.17, 15) is 14.4 Å². The van der Waals surface area contributed by atoms with Crippen molar-refractivity contribution in [1.29, 1.82) is 0 Å². The van der Waals surface area contributed by atoms with E-state index in [-0.39, 0.29) is 0 Å². The molecule has 0 saturated heterocycles. The third kappa shape index (κ3) is 6.10. The lowest BCUT2D eigenvalue weighted by atomic mass is 10.1. The topological polar surface area (TPSA) is 100 Å². The first-order chi connectivity index (χ1) is 14.0. The van der Waals surface area contributed by atoms with E-state index in [1.165, 1.54) is 27.4 Å². The van der Waals surface area contributed by atoms with Crippen LogP contribution in [0.15, 0.2) is 48.5 Å². The number of hydrogen-bond acceptors (Lipinski definition) is 7. The van der Waals surface area contributed by atoms with Crippen LogP contribution in [-0.4, -0.2) is 45.7 Å². The monoisotopic (exact) mass is 399 g/mol. The molecule has 2 aromatic rings. The summed E-state index contributed by atoms with van der Waals surface area (Å²) in [6.45, 7) is -0.586. The Hall–Kier alpha value is -3.81. The number of ether oxygens (including phenoxy) is 4. The highest BCUT2D eigenvalue weighted by Gasteiger charge is 2.13. The Balaban J connectivity index is 1.92. The number of carbonyl (C=O) groups is 3. The van der Waals surface area contributed by atoms with Crippen LogP contribution in [0.25, 0.3) is 6.08 Å². The van der Waals surface area contributed by atoms with E-state index < -0.39 is 24.4 Å². The summed E-state index contributed by atoms with van der Waals surface area (Å²) < 4.78 is 20.6. The zero-order valence-corrected chi connectivity index (χ0v) is 16.3. The minimum atomic E-state index is -0.749. The Morgan fingerprint density at radius 2 is 1.55 bits per heavy atom. The van der Waals surface area contributed by atoms with Crippen LogP contribution < -0.4 is 19.5 Å². The van der Waals surface area contributed by atoms with E-state index in [2.05, 4.69) is 5.32 Å². The standard InChI is InChI=1S/C21H21NO7/c1-26-16-11-14(12-17(27-2)20(16)28-3)9-10-19(24)29-13-18(23)22-21(25)15-7-5-4-6-8-15/h4-12H,13H2,1-3H3,(H,22,23,25)/b10-9+. The minimum absolute atomic E-state index is 0.328. The summed E-state index contributed by atoms with van der Waals surface area (Å²) in [6.07, 6.45) is 2.62. The Morgan fingerprint density at radius 1 is 0.931 bits per heavy atom. The highest BCUT2D eigenvalue weighted by atomic mass is 16.5. The van der Waals surface area contributed by atoms with Crippen LogP contribution in [-0.2, 0) is 14.3 Å². The SMILES string of the molecule is COc1cc(/C=C/C(=O)OCC(=O)NC(=O)c2ccccc2)cc(OC)c1OC. The van der Waals surface area contributed by atoms with Gasteiger partial charge >= 0.3 is 5.97 Å². The molecule has 0 spiro atoms. The van der Waals surface area contributed by atoms with E-state index in [0.29, 0.717) is 28.4 Å². The third-order valence-electron chi connectivity index (χ3n) is 3.73. The van der Waals surface area contributed by atoms with Crippen molar-refractivity contribution >= 4 is 23.9 Å². The second kappa shape index (κ2) is 10.5. The predicted molar refractivity (Wildman–Crippen MR) is 105 cm³/mol. The lowest BCUT2D eigenvalue weighted by Crippen LogP contribution is -2.33. The molecule has 1 N–H and O–H groups in total. The quantitative estimate of drug-likeness (QED) is 0.537. The molecule has 0 aliphatic heterocycles. The summed E-state index contributed by atoms with van der Waals surface area (Å²) in [7, 11) is 4.45. The highest BCUT2D eigenvalue weighted by Crippen LogP contribution is 2.38. The van der Waals surface area contributed by atoms with Crippen LogP contribution in [0.3, 0.4) is 0 Å². The minimum Gasteiger partial charge on any atom is -0.493 e. The Kier molecular flexibility index (Phi) is 7.78. The van der Waals surface area contributed by atoms with Crippen LogP contribution in [0, 0.1) is 0 Å². The lowest BCUT2D eigenvalue weighted by molar-refractivity contribution is -0.143. The second-order valence-electron chi connectivity index (χ2n) is 5.64. The molecular formula is C21H21NO7. The fraction of sp³-hybridized carbons (Fsp3) is 0.190. The number of nitrogens with one attached hydrogen (secondary N) is 1. The van der Waals surface area contributed by atoms with Crippen LogP contribution in [0.5, 0.6) is 17.2 Å². The molecular weight excluding hydrogens is 378 g/mol. The molecule has 0 aromatic heterocycles. The van der Waals surface area contributed by atoms with Gasteiger partial charge in [0.25, 0.3) is 11.8 Å². The number of carbonyl (C=O) groups excluding carboxylic acids is 3. The van der Waals surface area contributed by atoms with Gasteiger partial charge in [-0.1, -0.05) is 18.2 Å². The maximum atomic E-state index is 11.9. The number of methoxy groups -OCH3 is 3. The van der Waals surface area contributed by atoms with E-state index in [4.69, 9.17) is 18.9 Å². The molecule has 0 radical (unpaired) electrons. The number of esters is 1. The number of imide groups is 1. The average Bonchev–Trinajstić information content (AvgIpc) is 2.75. The summed E-state index contributed by atoms with van der Waals surface area (Å²) >= 11 is 0. The van der Waals surface area contributed by atoms with Gasteiger partial charge in [0.2, 0.25) is 5.75 Å². The van der Waals surface area contributed by atoms with Gasteiger partial charge in [0.1, 0.15) is 0 Å². The molecule has 152 valence electrons. The predicted octanol–water partition coefficient (Wildman–Crippen LogP) is 2.23. The first kappa shape index (κ1) is 21.5. The van der Waals surface area contributed by atoms with Crippen LogP contribution >= 0.6 is 0 Å². The van der Waals surface area contributed by atoms with E-state index in [1.807, 2.05) is 0 Å². The first-order valence-corrected chi connectivity index (χ1v) is 8.52. The van der Waals surface area contributed by atoms with Gasteiger partial charge in [-0.3, -0.25) is 14.9 Å². The molecule has 2 rings (SSSR count). The van der Waals surface area contributed by atoms with E-state index in [1.54, 1.807) is 42.5 Å². The summed E-state index contributed by atoms with van der Waals surface area (Å²) in [5.41, 5.74) is 0.926. The van der Waals surface area contributed by atoms with Gasteiger partial charge in [0.15, 0.2) is 18.1 Å². The summed E-state index contributed by atoms with van der Waals surface area (Å²) in [5.74, 6) is -0.763. The number of rotatable bonds is 8. The molecule has 0 unspecified atom stereocenters. The Bertz CT molecular complexity index is 881. The average molecular weight is 399 g/mol. The van der Waals surface area contributed by atoms with Crippen molar-refractivity contribution in [1.82, 2.24) is 5.32 Å². The first-order valence-electron chi connectivity index (χ1n) is 8.52. The summed E-state index contributed by atoms with van der Waals surface area (Å²) in [4.78, 5) is 35.5. The van der Waals surface area contributed by atoms with Gasteiger partial charge in [0.05, 0.1) is 21.3 Å². The molecule has 8 heteroatoms. The largest absolute Gasteiger partial charge is 0.493 e. The zero-order chi connectivity index (χ0) is 21.2. The van der Waals surface area contributed by atoms with Gasteiger partial charge in [-0.25, -0.2) is 4.79 Å². The number of benzene rings is 2. The maximum Gasteiger partial charge on any atom is 0.331 e. The molecule has 0 bridgehead atoms. The fourth-order valence-electron chi connectivity index (χ4n) is 2.37. The fourth-order valence-corrected chi connectivity index (χ4v) is 2.37. The van der Waals surface area contributed by atoms with Crippen molar-refractivity contribution in [3.8, 4) is 17.2 Å². The van der Waals surface area contributed by atoms with Gasteiger partial charge in [-0.2, -0.15) is 0 Å². The van der Waals surface area contributed by atoms with E-state index >= 15 is 0 Å². The van der Waals surface area contributed by atoms with Crippen molar-refractivity contribution < 1.29 is 33.3 Å². The number of hydrogen-bond donors (Lipinski definition) is 1. The molecule has 0 aliphatic carbocycles. The molecule has 0 atom stereocenters. The van der Waals surface area contributed by atoms with Crippen molar-refractivity contribution in [2.45, 2.75) is 0 Å².